The van der Waals surface area contributed by atoms with Gasteiger partial charge in [-0.2, -0.15) is 5.26 Å². The molecular formula is C20H16BrFN2O2. The summed E-state index contributed by atoms with van der Waals surface area (Å²) in [7, 11) is 0. The van der Waals surface area contributed by atoms with Crippen LogP contribution in [0.4, 0.5) is 10.1 Å². The Morgan fingerprint density at radius 1 is 1.31 bits per heavy atom. The zero-order valence-electron chi connectivity index (χ0n) is 14.3. The van der Waals surface area contributed by atoms with Crippen LogP contribution in [0.1, 0.15) is 45.7 Å². The van der Waals surface area contributed by atoms with Crippen molar-refractivity contribution in [3.05, 3.63) is 62.9 Å². The number of hydrogen-bond acceptors (Lipinski definition) is 4. The summed E-state index contributed by atoms with van der Waals surface area (Å²) in [6.45, 7) is 3.59. The van der Waals surface area contributed by atoms with Crippen molar-refractivity contribution >= 4 is 33.7 Å². The van der Waals surface area contributed by atoms with Crippen molar-refractivity contribution in [1.29, 1.82) is 5.26 Å². The van der Waals surface area contributed by atoms with Gasteiger partial charge in [-0.25, -0.2) is 4.39 Å². The van der Waals surface area contributed by atoms with Gasteiger partial charge >= 0.3 is 0 Å². The molecule has 6 heteroatoms. The fraction of sp³-hybridized carbons (Fsp3) is 0.250. The molecule has 4 nitrogen and oxygen atoms in total. The van der Waals surface area contributed by atoms with Crippen LogP contribution >= 0.6 is 15.9 Å². The summed E-state index contributed by atoms with van der Waals surface area (Å²) < 4.78 is 15.4. The minimum atomic E-state index is -0.887. The van der Waals surface area contributed by atoms with Crippen LogP contribution in [0.3, 0.4) is 0 Å². The van der Waals surface area contributed by atoms with Crippen molar-refractivity contribution in [2.24, 2.45) is 0 Å². The Hall–Kier alpha value is -2.52. The predicted octanol–water partition coefficient (Wildman–Crippen LogP) is 4.40. The Morgan fingerprint density at radius 3 is 2.69 bits per heavy atom. The number of halogens is 2. The van der Waals surface area contributed by atoms with E-state index in [4.69, 9.17) is 0 Å². The number of carbonyl (C=O) groups is 2. The second kappa shape index (κ2) is 6.65. The van der Waals surface area contributed by atoms with Crippen LogP contribution in [-0.2, 0) is 12.0 Å². The van der Waals surface area contributed by atoms with Crippen LogP contribution in [-0.4, -0.2) is 18.6 Å². The SMILES string of the molecule is CC(C)(C#N)c1cc(F)c2c(c1)C(=O)CN(c1cccc(Br)c1C=O)C2. The lowest BCUT2D eigenvalue weighted by atomic mass is 9.83. The molecule has 3 rings (SSSR count). The molecule has 26 heavy (non-hydrogen) atoms. The largest absolute Gasteiger partial charge is 0.359 e. The molecule has 0 saturated carbocycles. The van der Waals surface area contributed by atoms with Crippen molar-refractivity contribution in [3.8, 4) is 6.07 Å². The Kier molecular flexibility index (Phi) is 4.68. The highest BCUT2D eigenvalue weighted by molar-refractivity contribution is 9.10. The summed E-state index contributed by atoms with van der Waals surface area (Å²) in [6.07, 6.45) is 0.717. The number of anilines is 1. The summed E-state index contributed by atoms with van der Waals surface area (Å²) in [4.78, 5) is 25.8. The van der Waals surface area contributed by atoms with E-state index in [0.29, 0.717) is 33.1 Å². The van der Waals surface area contributed by atoms with Gasteiger partial charge in [0.1, 0.15) is 5.82 Å². The van der Waals surface area contributed by atoms with Crippen molar-refractivity contribution in [1.82, 2.24) is 0 Å². The third-order valence-electron chi connectivity index (χ3n) is 4.67. The van der Waals surface area contributed by atoms with E-state index < -0.39 is 11.2 Å². The number of benzene rings is 2. The fourth-order valence-corrected chi connectivity index (χ4v) is 3.51. The molecule has 0 bridgehead atoms. The topological polar surface area (TPSA) is 61.2 Å². The minimum absolute atomic E-state index is 0.0418. The summed E-state index contributed by atoms with van der Waals surface area (Å²) in [6, 6.07) is 10.3. The standard InChI is InChI=1S/C20H16BrFN2O2/c1-20(2,11-23)12-6-13-14(17(22)7-12)8-24(9-19(13)26)18-5-3-4-16(21)15(18)10-25/h3-7,10H,8-9H2,1-2H3. The van der Waals surface area contributed by atoms with Gasteiger partial charge in [-0.3, -0.25) is 9.59 Å². The molecule has 0 amide bonds. The van der Waals surface area contributed by atoms with E-state index in [1.54, 1.807) is 43.0 Å². The Bertz CT molecular complexity index is 963. The van der Waals surface area contributed by atoms with Crippen molar-refractivity contribution in [3.63, 3.8) is 0 Å². The van der Waals surface area contributed by atoms with Crippen molar-refractivity contribution < 1.29 is 14.0 Å². The first-order valence-corrected chi connectivity index (χ1v) is 8.83. The van der Waals surface area contributed by atoms with Crippen LogP contribution in [0.2, 0.25) is 0 Å². The van der Waals surface area contributed by atoms with Crippen molar-refractivity contribution in [2.75, 3.05) is 11.4 Å². The third kappa shape index (κ3) is 3.04. The number of carbonyl (C=O) groups excluding carboxylic acids is 2. The van der Waals surface area contributed by atoms with Crippen LogP contribution in [0.5, 0.6) is 0 Å². The van der Waals surface area contributed by atoms with E-state index in [1.165, 1.54) is 6.07 Å². The number of Topliss-reactive ketones (excluding diaryl/α,β-unsaturated/α-hetero) is 1. The average Bonchev–Trinajstić information content (AvgIpc) is 2.61. The van der Waals surface area contributed by atoms with E-state index in [-0.39, 0.29) is 24.4 Å². The number of fused-ring (bicyclic) bond motifs is 1. The van der Waals surface area contributed by atoms with Crippen LogP contribution in [0.25, 0.3) is 0 Å². The number of aldehydes is 1. The zero-order valence-corrected chi connectivity index (χ0v) is 15.9. The molecule has 0 atom stereocenters. The maximum absolute atomic E-state index is 14.8. The van der Waals surface area contributed by atoms with Gasteiger partial charge in [-0.15, -0.1) is 0 Å². The van der Waals surface area contributed by atoms with E-state index in [9.17, 15) is 19.2 Å². The van der Waals surface area contributed by atoms with E-state index >= 15 is 0 Å². The van der Waals surface area contributed by atoms with E-state index in [2.05, 4.69) is 22.0 Å². The van der Waals surface area contributed by atoms with E-state index in [0.717, 1.165) is 0 Å². The number of rotatable bonds is 3. The van der Waals surface area contributed by atoms with Gasteiger partial charge in [0, 0.05) is 27.8 Å². The zero-order chi connectivity index (χ0) is 19.1. The third-order valence-corrected chi connectivity index (χ3v) is 5.36. The van der Waals surface area contributed by atoms with Crippen molar-refractivity contribution in [2.45, 2.75) is 25.8 Å². The highest BCUT2D eigenvalue weighted by Crippen LogP contribution is 2.33. The highest BCUT2D eigenvalue weighted by atomic mass is 79.9. The summed E-state index contributed by atoms with van der Waals surface area (Å²) in [5.74, 6) is -0.751. The average molecular weight is 415 g/mol. The van der Waals surface area contributed by atoms with Gasteiger partial charge < -0.3 is 4.90 Å². The lowest BCUT2D eigenvalue weighted by molar-refractivity contribution is 0.0989. The lowest BCUT2D eigenvalue weighted by Gasteiger charge is -2.32. The normalized spacial score (nSPS) is 14.0. The number of nitriles is 1. The molecule has 1 aliphatic heterocycles. The monoisotopic (exact) mass is 414 g/mol. The second-order valence-electron chi connectivity index (χ2n) is 6.79. The Labute approximate surface area is 159 Å². The maximum Gasteiger partial charge on any atom is 0.182 e. The smallest absolute Gasteiger partial charge is 0.182 e. The first-order valence-electron chi connectivity index (χ1n) is 8.04. The molecule has 0 aliphatic carbocycles. The summed E-state index contributed by atoms with van der Waals surface area (Å²) in [5.41, 5.74) is 1.19. The number of hydrogen-bond donors (Lipinski definition) is 0. The molecule has 2 aromatic carbocycles. The molecule has 0 unspecified atom stereocenters. The molecule has 1 aliphatic rings. The highest BCUT2D eigenvalue weighted by Gasteiger charge is 2.30. The van der Waals surface area contributed by atoms with E-state index in [1.807, 2.05) is 0 Å². The number of nitrogens with zero attached hydrogens (tertiary/aromatic N) is 2. The van der Waals surface area contributed by atoms with Gasteiger partial charge in [0.2, 0.25) is 0 Å². The fourth-order valence-electron chi connectivity index (χ4n) is 3.07. The van der Waals surface area contributed by atoms with Gasteiger partial charge in [0.05, 0.1) is 23.6 Å². The maximum atomic E-state index is 14.8. The molecule has 1 heterocycles. The molecule has 2 aromatic rings. The quantitative estimate of drug-likeness (QED) is 0.698. The predicted molar refractivity (Wildman–Crippen MR) is 99.9 cm³/mol. The molecule has 0 spiro atoms. The number of ketones is 1. The summed E-state index contributed by atoms with van der Waals surface area (Å²) >= 11 is 3.33. The second-order valence-corrected chi connectivity index (χ2v) is 7.65. The molecule has 0 N–H and O–H groups in total. The first-order chi connectivity index (χ1) is 12.3. The molecule has 0 radical (unpaired) electrons. The van der Waals surface area contributed by atoms with Crippen LogP contribution in [0.15, 0.2) is 34.8 Å². The summed E-state index contributed by atoms with van der Waals surface area (Å²) in [5, 5.41) is 9.28. The Morgan fingerprint density at radius 2 is 2.04 bits per heavy atom. The first kappa shape index (κ1) is 18.3. The minimum Gasteiger partial charge on any atom is -0.359 e. The van der Waals surface area contributed by atoms with Gasteiger partial charge in [-0.05, 0) is 59.6 Å². The Balaban J connectivity index is 2.08. The lowest BCUT2D eigenvalue weighted by Crippen LogP contribution is -2.36. The van der Waals surface area contributed by atoms with Crippen LogP contribution in [0, 0.1) is 17.1 Å². The van der Waals surface area contributed by atoms with Crippen LogP contribution < -0.4 is 4.90 Å². The molecule has 132 valence electrons. The van der Waals surface area contributed by atoms with Gasteiger partial charge in [0.25, 0.3) is 0 Å². The molecule has 0 fully saturated rings. The molecule has 0 saturated heterocycles. The molecule has 0 aromatic heterocycles. The van der Waals surface area contributed by atoms with Gasteiger partial charge in [-0.1, -0.05) is 6.07 Å². The van der Waals surface area contributed by atoms with Gasteiger partial charge in [0.15, 0.2) is 12.1 Å². The molecular weight excluding hydrogens is 399 g/mol.